The molecule has 7 nitrogen and oxygen atoms in total. The number of imide groups is 1. The molecule has 0 heterocycles. The van der Waals surface area contributed by atoms with Gasteiger partial charge in [-0.1, -0.05) is 27.7 Å². The topological polar surface area (TPSA) is 108 Å². The van der Waals surface area contributed by atoms with E-state index < -0.39 is 23.4 Å². The molecule has 0 bridgehead atoms. The van der Waals surface area contributed by atoms with Crippen molar-refractivity contribution >= 4 is 17.9 Å². The van der Waals surface area contributed by atoms with Crippen molar-refractivity contribution in [3.05, 3.63) is 0 Å². The lowest BCUT2D eigenvalue weighted by Gasteiger charge is -2.27. The standard InChI is InChI=1S/C13H25N3O4/c1-5-13(6-2,11(18)19)15-8-10(17)16-12(20)14-7-9(3)4/h9,15H,5-8H2,1-4H3,(H,18,19)(H2,14,16,17,20). The first-order chi connectivity index (χ1) is 9.27. The third kappa shape index (κ3) is 6.01. The van der Waals surface area contributed by atoms with Gasteiger partial charge in [-0.25, -0.2) is 4.79 Å². The Morgan fingerprint density at radius 2 is 1.70 bits per heavy atom. The molecule has 0 saturated carbocycles. The molecular weight excluding hydrogens is 262 g/mol. The van der Waals surface area contributed by atoms with Crippen molar-refractivity contribution in [2.75, 3.05) is 13.1 Å². The van der Waals surface area contributed by atoms with Crippen LogP contribution in [0, 0.1) is 5.92 Å². The van der Waals surface area contributed by atoms with Gasteiger partial charge in [0.25, 0.3) is 0 Å². The number of aliphatic carboxylic acids is 1. The van der Waals surface area contributed by atoms with Crippen LogP contribution in [0.2, 0.25) is 0 Å². The average molecular weight is 287 g/mol. The normalized spacial score (nSPS) is 11.2. The monoisotopic (exact) mass is 287 g/mol. The SMILES string of the molecule is CCC(CC)(NCC(=O)NC(=O)NCC(C)C)C(=O)O. The summed E-state index contributed by atoms with van der Waals surface area (Å²) in [5, 5.41) is 16.6. The highest BCUT2D eigenvalue weighted by molar-refractivity contribution is 5.95. The molecule has 0 aromatic carbocycles. The molecule has 0 radical (unpaired) electrons. The van der Waals surface area contributed by atoms with Crippen LogP contribution >= 0.6 is 0 Å². The number of amides is 3. The third-order valence-electron chi connectivity index (χ3n) is 3.13. The summed E-state index contributed by atoms with van der Waals surface area (Å²) in [6.07, 6.45) is 0.706. The molecule has 0 unspecified atom stereocenters. The minimum Gasteiger partial charge on any atom is -0.480 e. The van der Waals surface area contributed by atoms with Crippen LogP contribution in [0.3, 0.4) is 0 Å². The molecule has 0 aromatic rings. The van der Waals surface area contributed by atoms with Crippen LogP contribution in [-0.2, 0) is 9.59 Å². The van der Waals surface area contributed by atoms with Gasteiger partial charge in [-0.2, -0.15) is 0 Å². The second-order valence-corrected chi connectivity index (χ2v) is 5.10. The first-order valence-corrected chi connectivity index (χ1v) is 6.83. The molecule has 0 aliphatic rings. The van der Waals surface area contributed by atoms with Gasteiger partial charge in [0, 0.05) is 6.54 Å². The second kappa shape index (κ2) is 8.52. The van der Waals surface area contributed by atoms with Crippen LogP contribution < -0.4 is 16.0 Å². The van der Waals surface area contributed by atoms with Crippen molar-refractivity contribution in [3.63, 3.8) is 0 Å². The molecule has 0 spiro atoms. The Balaban J connectivity index is 4.27. The minimum absolute atomic E-state index is 0.219. The lowest BCUT2D eigenvalue weighted by molar-refractivity contribution is -0.145. The van der Waals surface area contributed by atoms with Crippen LogP contribution in [0.5, 0.6) is 0 Å². The predicted molar refractivity (Wildman–Crippen MR) is 75.3 cm³/mol. The first kappa shape index (κ1) is 18.4. The lowest BCUT2D eigenvalue weighted by atomic mass is 9.93. The van der Waals surface area contributed by atoms with Gasteiger partial charge >= 0.3 is 12.0 Å². The summed E-state index contributed by atoms with van der Waals surface area (Å²) in [7, 11) is 0. The highest BCUT2D eigenvalue weighted by atomic mass is 16.4. The van der Waals surface area contributed by atoms with Gasteiger partial charge in [-0.15, -0.1) is 0 Å². The van der Waals surface area contributed by atoms with Crippen molar-refractivity contribution < 1.29 is 19.5 Å². The van der Waals surface area contributed by atoms with Crippen LogP contribution in [0.1, 0.15) is 40.5 Å². The fraction of sp³-hybridized carbons (Fsp3) is 0.769. The van der Waals surface area contributed by atoms with E-state index in [4.69, 9.17) is 0 Å². The molecule has 0 rings (SSSR count). The van der Waals surface area contributed by atoms with Crippen LogP contribution in [0.4, 0.5) is 4.79 Å². The molecule has 4 N–H and O–H groups in total. The fourth-order valence-electron chi connectivity index (χ4n) is 1.64. The Bertz CT molecular complexity index is 352. The van der Waals surface area contributed by atoms with Gasteiger partial charge in [0.1, 0.15) is 5.54 Å². The van der Waals surface area contributed by atoms with E-state index in [9.17, 15) is 19.5 Å². The summed E-state index contributed by atoms with van der Waals surface area (Å²) in [5.74, 6) is -1.27. The number of carboxylic acid groups (broad SMARTS) is 1. The van der Waals surface area contributed by atoms with E-state index in [1.54, 1.807) is 13.8 Å². The fourth-order valence-corrected chi connectivity index (χ4v) is 1.64. The quantitative estimate of drug-likeness (QED) is 0.525. The largest absolute Gasteiger partial charge is 0.480 e. The number of carbonyl (C=O) groups excluding carboxylic acids is 2. The van der Waals surface area contributed by atoms with Crippen LogP contribution in [-0.4, -0.2) is 41.6 Å². The Kier molecular flexibility index (Phi) is 7.83. The van der Waals surface area contributed by atoms with Gasteiger partial charge in [-0.3, -0.25) is 20.2 Å². The highest BCUT2D eigenvalue weighted by Crippen LogP contribution is 2.14. The zero-order valence-corrected chi connectivity index (χ0v) is 12.6. The summed E-state index contributed by atoms with van der Waals surface area (Å²) in [6, 6.07) is -0.570. The van der Waals surface area contributed by atoms with Gasteiger partial charge in [-0.05, 0) is 18.8 Å². The van der Waals surface area contributed by atoms with Crippen molar-refractivity contribution in [2.24, 2.45) is 5.92 Å². The van der Waals surface area contributed by atoms with Gasteiger partial charge in [0.2, 0.25) is 5.91 Å². The summed E-state index contributed by atoms with van der Waals surface area (Å²) < 4.78 is 0. The first-order valence-electron chi connectivity index (χ1n) is 6.83. The molecule has 0 fully saturated rings. The Morgan fingerprint density at radius 1 is 1.15 bits per heavy atom. The van der Waals surface area contributed by atoms with E-state index in [2.05, 4.69) is 16.0 Å². The van der Waals surface area contributed by atoms with E-state index in [1.807, 2.05) is 13.8 Å². The van der Waals surface area contributed by atoms with Crippen molar-refractivity contribution in [3.8, 4) is 0 Å². The molecule has 0 aliphatic carbocycles. The average Bonchev–Trinajstić information content (AvgIpc) is 2.37. The number of urea groups is 1. The van der Waals surface area contributed by atoms with E-state index >= 15 is 0 Å². The molecule has 0 aliphatic heterocycles. The highest BCUT2D eigenvalue weighted by Gasteiger charge is 2.34. The Labute approximate surface area is 119 Å². The van der Waals surface area contributed by atoms with E-state index in [1.165, 1.54) is 0 Å². The van der Waals surface area contributed by atoms with Gasteiger partial charge in [0.15, 0.2) is 0 Å². The lowest BCUT2D eigenvalue weighted by Crippen LogP contribution is -2.55. The van der Waals surface area contributed by atoms with Gasteiger partial charge < -0.3 is 10.4 Å². The Morgan fingerprint density at radius 3 is 2.10 bits per heavy atom. The maximum atomic E-state index is 11.6. The molecule has 0 aromatic heterocycles. The summed E-state index contributed by atoms with van der Waals surface area (Å²) >= 11 is 0. The summed E-state index contributed by atoms with van der Waals surface area (Å²) in [5.41, 5.74) is -1.13. The minimum atomic E-state index is -1.13. The third-order valence-corrected chi connectivity index (χ3v) is 3.13. The van der Waals surface area contributed by atoms with E-state index in [-0.39, 0.29) is 12.5 Å². The molecule has 7 heteroatoms. The number of rotatable bonds is 8. The zero-order valence-electron chi connectivity index (χ0n) is 12.6. The van der Waals surface area contributed by atoms with Crippen molar-refractivity contribution in [1.29, 1.82) is 0 Å². The van der Waals surface area contributed by atoms with Crippen LogP contribution in [0.25, 0.3) is 0 Å². The Hall–Kier alpha value is -1.63. The van der Waals surface area contributed by atoms with E-state index in [0.29, 0.717) is 19.4 Å². The number of carboxylic acids is 1. The summed E-state index contributed by atoms with van der Waals surface area (Å²) in [6.45, 7) is 7.59. The number of nitrogens with one attached hydrogen (secondary N) is 3. The molecule has 0 saturated heterocycles. The molecule has 0 atom stereocenters. The second-order valence-electron chi connectivity index (χ2n) is 5.10. The predicted octanol–water partition coefficient (Wildman–Crippen LogP) is 0.701. The number of hydrogen-bond acceptors (Lipinski definition) is 4. The zero-order chi connectivity index (χ0) is 15.8. The van der Waals surface area contributed by atoms with Crippen molar-refractivity contribution in [2.45, 2.75) is 46.1 Å². The molecular formula is C13H25N3O4. The maximum absolute atomic E-state index is 11.6. The van der Waals surface area contributed by atoms with Crippen molar-refractivity contribution in [1.82, 2.24) is 16.0 Å². The summed E-state index contributed by atoms with van der Waals surface area (Å²) in [4.78, 5) is 34.2. The van der Waals surface area contributed by atoms with E-state index in [0.717, 1.165) is 0 Å². The number of hydrogen-bond donors (Lipinski definition) is 4. The molecule has 3 amide bonds. The molecule has 20 heavy (non-hydrogen) atoms. The smallest absolute Gasteiger partial charge is 0.323 e. The van der Waals surface area contributed by atoms with Crippen LogP contribution in [0.15, 0.2) is 0 Å². The maximum Gasteiger partial charge on any atom is 0.323 e. The molecule has 116 valence electrons. The number of carbonyl (C=O) groups is 3. The van der Waals surface area contributed by atoms with Gasteiger partial charge in [0.05, 0.1) is 6.54 Å².